The van der Waals surface area contributed by atoms with E-state index in [9.17, 15) is 4.79 Å². The van der Waals surface area contributed by atoms with Crippen LogP contribution in [0.25, 0.3) is 11.4 Å². The fraction of sp³-hybridized carbons (Fsp3) is 0.238. The summed E-state index contributed by atoms with van der Waals surface area (Å²) in [5.74, 6) is 0.562. The molecule has 1 aliphatic heterocycles. The maximum absolute atomic E-state index is 13.1. The smallest absolute Gasteiger partial charge is 0.257 e. The SMILES string of the molecule is Cc1nc(-c2cccnc2)ncc1C(=O)N1CCN[C@@H](c2ccccc2)C1. The van der Waals surface area contributed by atoms with Gasteiger partial charge in [-0.25, -0.2) is 9.97 Å². The van der Waals surface area contributed by atoms with Gasteiger partial charge in [-0.2, -0.15) is 0 Å². The first-order chi connectivity index (χ1) is 13.2. The molecule has 6 heteroatoms. The molecule has 6 nitrogen and oxygen atoms in total. The Balaban J connectivity index is 1.54. The number of carbonyl (C=O) groups excluding carboxylic acids is 1. The highest BCUT2D eigenvalue weighted by Gasteiger charge is 2.26. The Labute approximate surface area is 158 Å². The Bertz CT molecular complexity index is 930. The highest BCUT2D eigenvalue weighted by molar-refractivity contribution is 5.95. The van der Waals surface area contributed by atoms with Gasteiger partial charge in [0.25, 0.3) is 5.91 Å². The van der Waals surface area contributed by atoms with Crippen LogP contribution in [-0.4, -0.2) is 45.4 Å². The summed E-state index contributed by atoms with van der Waals surface area (Å²) in [4.78, 5) is 27.9. The zero-order valence-electron chi connectivity index (χ0n) is 15.2. The van der Waals surface area contributed by atoms with Gasteiger partial charge in [-0.3, -0.25) is 9.78 Å². The molecule has 1 amide bonds. The van der Waals surface area contributed by atoms with Gasteiger partial charge < -0.3 is 10.2 Å². The average Bonchev–Trinajstić information content (AvgIpc) is 2.74. The fourth-order valence-electron chi connectivity index (χ4n) is 3.32. The van der Waals surface area contributed by atoms with Crippen molar-refractivity contribution in [3.8, 4) is 11.4 Å². The standard InChI is InChI=1S/C21H21N5O/c1-15-18(13-24-20(25-15)17-8-5-9-22-12-17)21(27)26-11-10-23-19(14-26)16-6-3-2-4-7-16/h2-9,12-13,19,23H,10-11,14H2,1H3/t19-/m1/s1. The lowest BCUT2D eigenvalue weighted by molar-refractivity contribution is 0.0701. The molecule has 0 aliphatic carbocycles. The third-order valence-corrected chi connectivity index (χ3v) is 4.79. The number of pyridine rings is 1. The number of benzene rings is 1. The Morgan fingerprint density at radius 1 is 1.15 bits per heavy atom. The number of nitrogens with zero attached hydrogens (tertiary/aromatic N) is 4. The normalized spacial score (nSPS) is 16.9. The number of rotatable bonds is 3. The van der Waals surface area contributed by atoms with Crippen LogP contribution < -0.4 is 5.32 Å². The van der Waals surface area contributed by atoms with Crippen LogP contribution in [0.1, 0.15) is 27.7 Å². The topological polar surface area (TPSA) is 71.0 Å². The minimum Gasteiger partial charge on any atom is -0.335 e. The van der Waals surface area contributed by atoms with Gasteiger partial charge in [0.1, 0.15) is 0 Å². The molecular formula is C21H21N5O. The van der Waals surface area contributed by atoms with E-state index in [-0.39, 0.29) is 11.9 Å². The first-order valence-electron chi connectivity index (χ1n) is 9.04. The Hall–Kier alpha value is -3.12. The molecule has 0 saturated carbocycles. The summed E-state index contributed by atoms with van der Waals surface area (Å²) in [5.41, 5.74) is 3.26. The van der Waals surface area contributed by atoms with Crippen molar-refractivity contribution in [1.29, 1.82) is 0 Å². The molecule has 3 heterocycles. The zero-order chi connectivity index (χ0) is 18.6. The van der Waals surface area contributed by atoms with Crippen molar-refractivity contribution in [2.75, 3.05) is 19.6 Å². The fourth-order valence-corrected chi connectivity index (χ4v) is 3.32. The van der Waals surface area contributed by atoms with Crippen LogP contribution in [0.2, 0.25) is 0 Å². The van der Waals surface area contributed by atoms with Crippen molar-refractivity contribution in [3.05, 3.63) is 77.9 Å². The molecule has 136 valence electrons. The van der Waals surface area contributed by atoms with Gasteiger partial charge in [-0.05, 0) is 24.6 Å². The number of hydrogen-bond acceptors (Lipinski definition) is 5. The van der Waals surface area contributed by atoms with Crippen molar-refractivity contribution in [1.82, 2.24) is 25.2 Å². The number of nitrogens with one attached hydrogen (secondary N) is 1. The Kier molecular flexibility index (Phi) is 4.89. The first-order valence-corrected chi connectivity index (χ1v) is 9.04. The summed E-state index contributed by atoms with van der Waals surface area (Å²) in [6.45, 7) is 3.92. The van der Waals surface area contributed by atoms with Gasteiger partial charge >= 0.3 is 0 Å². The van der Waals surface area contributed by atoms with Crippen LogP contribution >= 0.6 is 0 Å². The number of carbonyl (C=O) groups is 1. The van der Waals surface area contributed by atoms with E-state index in [1.54, 1.807) is 18.6 Å². The predicted molar refractivity (Wildman–Crippen MR) is 103 cm³/mol. The molecule has 4 rings (SSSR count). The molecule has 2 aromatic heterocycles. The second-order valence-corrected chi connectivity index (χ2v) is 6.60. The van der Waals surface area contributed by atoms with Crippen molar-refractivity contribution < 1.29 is 4.79 Å². The van der Waals surface area contributed by atoms with Gasteiger partial charge in [0.15, 0.2) is 5.82 Å². The van der Waals surface area contributed by atoms with E-state index in [1.807, 2.05) is 42.2 Å². The molecule has 27 heavy (non-hydrogen) atoms. The Morgan fingerprint density at radius 2 is 2.00 bits per heavy atom. The summed E-state index contributed by atoms with van der Waals surface area (Å²) in [6, 6.07) is 14.1. The second kappa shape index (κ2) is 7.63. The molecule has 3 aromatic rings. The highest BCUT2D eigenvalue weighted by atomic mass is 16.2. The molecule has 1 fully saturated rings. The summed E-state index contributed by atoms with van der Waals surface area (Å²) in [5, 5.41) is 3.48. The molecule has 1 N–H and O–H groups in total. The lowest BCUT2D eigenvalue weighted by atomic mass is 10.0. The number of aromatic nitrogens is 3. The van der Waals surface area contributed by atoms with Crippen LogP contribution in [0.4, 0.5) is 0 Å². The molecule has 0 spiro atoms. The third-order valence-electron chi connectivity index (χ3n) is 4.79. The summed E-state index contributed by atoms with van der Waals surface area (Å²) < 4.78 is 0. The molecule has 0 radical (unpaired) electrons. The van der Waals surface area contributed by atoms with Crippen LogP contribution in [0, 0.1) is 6.92 Å². The minimum absolute atomic E-state index is 0.0207. The molecule has 0 bridgehead atoms. The van der Waals surface area contributed by atoms with Crippen LogP contribution in [-0.2, 0) is 0 Å². The molecule has 1 atom stereocenters. The highest BCUT2D eigenvalue weighted by Crippen LogP contribution is 2.20. The molecular weight excluding hydrogens is 338 g/mol. The molecule has 1 saturated heterocycles. The maximum atomic E-state index is 13.1. The van der Waals surface area contributed by atoms with E-state index in [2.05, 4.69) is 32.4 Å². The lowest BCUT2D eigenvalue weighted by Gasteiger charge is -2.34. The second-order valence-electron chi connectivity index (χ2n) is 6.60. The summed E-state index contributed by atoms with van der Waals surface area (Å²) >= 11 is 0. The molecule has 1 aromatic carbocycles. The van der Waals surface area contributed by atoms with E-state index in [4.69, 9.17) is 0 Å². The molecule has 1 aliphatic rings. The van der Waals surface area contributed by atoms with Crippen LogP contribution in [0.5, 0.6) is 0 Å². The maximum Gasteiger partial charge on any atom is 0.257 e. The van der Waals surface area contributed by atoms with E-state index < -0.39 is 0 Å². The zero-order valence-corrected chi connectivity index (χ0v) is 15.2. The third kappa shape index (κ3) is 3.71. The quantitative estimate of drug-likeness (QED) is 0.778. The van der Waals surface area contributed by atoms with E-state index in [1.165, 1.54) is 5.56 Å². The van der Waals surface area contributed by atoms with Crippen LogP contribution in [0.15, 0.2) is 61.1 Å². The van der Waals surface area contributed by atoms with Gasteiger partial charge in [-0.1, -0.05) is 30.3 Å². The summed E-state index contributed by atoms with van der Waals surface area (Å²) in [6.07, 6.45) is 5.06. The van der Waals surface area contributed by atoms with Crippen molar-refractivity contribution >= 4 is 5.91 Å². The number of hydrogen-bond donors (Lipinski definition) is 1. The lowest BCUT2D eigenvalue weighted by Crippen LogP contribution is -2.48. The van der Waals surface area contributed by atoms with E-state index in [0.29, 0.717) is 30.2 Å². The van der Waals surface area contributed by atoms with E-state index >= 15 is 0 Å². The van der Waals surface area contributed by atoms with Crippen LogP contribution in [0.3, 0.4) is 0 Å². The van der Waals surface area contributed by atoms with E-state index in [0.717, 1.165) is 12.1 Å². The molecule has 0 unspecified atom stereocenters. The van der Waals surface area contributed by atoms with Gasteiger partial charge in [0.2, 0.25) is 0 Å². The monoisotopic (exact) mass is 359 g/mol. The number of aryl methyl sites for hydroxylation is 1. The average molecular weight is 359 g/mol. The predicted octanol–water partition coefficient (Wildman–Crippen LogP) is 2.63. The van der Waals surface area contributed by atoms with Crippen molar-refractivity contribution in [2.24, 2.45) is 0 Å². The van der Waals surface area contributed by atoms with Gasteiger partial charge in [0, 0.05) is 49.8 Å². The van der Waals surface area contributed by atoms with Gasteiger partial charge in [-0.15, -0.1) is 0 Å². The number of amides is 1. The van der Waals surface area contributed by atoms with Crippen molar-refractivity contribution in [2.45, 2.75) is 13.0 Å². The van der Waals surface area contributed by atoms with Gasteiger partial charge in [0.05, 0.1) is 11.3 Å². The van der Waals surface area contributed by atoms with Crippen molar-refractivity contribution in [3.63, 3.8) is 0 Å². The Morgan fingerprint density at radius 3 is 2.74 bits per heavy atom. The largest absolute Gasteiger partial charge is 0.335 e. The first kappa shape index (κ1) is 17.3. The number of piperazine rings is 1. The minimum atomic E-state index is -0.0207. The summed E-state index contributed by atoms with van der Waals surface area (Å²) in [7, 11) is 0.